The molecule has 0 aliphatic rings. The number of H-pyrrole nitrogens is 2. The molecule has 2 rings (SSSR count). The number of hydrogen-bond donors (Lipinski definition) is 3. The third kappa shape index (κ3) is 4.21. The number of unbranched alkanes of at least 4 members (excludes halogenated alkanes) is 1. The summed E-state index contributed by atoms with van der Waals surface area (Å²) in [5.74, 6) is -0.0173. The van der Waals surface area contributed by atoms with Crippen molar-refractivity contribution in [3.05, 3.63) is 38.9 Å². The van der Waals surface area contributed by atoms with E-state index in [4.69, 9.17) is 0 Å². The maximum absolute atomic E-state index is 11.9. The normalized spacial score (nSPS) is 10.7. The molecule has 0 saturated carbocycles. The zero-order chi connectivity index (χ0) is 16.8. The first-order valence-corrected chi connectivity index (χ1v) is 7.77. The summed E-state index contributed by atoms with van der Waals surface area (Å²) in [5.41, 5.74) is 0.309. The van der Waals surface area contributed by atoms with E-state index in [1.807, 2.05) is 13.0 Å². The first-order chi connectivity index (χ1) is 11.0. The number of nitrogens with one attached hydrogen (secondary N) is 3. The number of aromatic amines is 2. The summed E-state index contributed by atoms with van der Waals surface area (Å²) in [4.78, 5) is 36.5. The first kappa shape index (κ1) is 16.8. The standard InChI is InChI=1S/C16H22N4O3/c1-3-20(9-5-4-8-17-11(2)21)12-6-7-13-14(10-12)16(23)19-18-15(13)22/h6-7,10H,3-5,8-9H2,1-2H3,(H,17,21)(H,18,22)(H,19,23). The fourth-order valence-corrected chi connectivity index (χ4v) is 2.52. The van der Waals surface area contributed by atoms with Crippen molar-refractivity contribution in [1.82, 2.24) is 15.5 Å². The van der Waals surface area contributed by atoms with Gasteiger partial charge in [0.1, 0.15) is 0 Å². The highest BCUT2D eigenvalue weighted by atomic mass is 16.2. The number of rotatable bonds is 7. The van der Waals surface area contributed by atoms with E-state index in [0.29, 0.717) is 17.3 Å². The molecule has 0 bridgehead atoms. The molecule has 0 unspecified atom stereocenters. The van der Waals surface area contributed by atoms with Crippen LogP contribution < -0.4 is 21.3 Å². The Morgan fingerprint density at radius 2 is 1.83 bits per heavy atom. The number of carbonyl (C=O) groups is 1. The van der Waals surface area contributed by atoms with Gasteiger partial charge in [0.05, 0.1) is 10.8 Å². The lowest BCUT2D eigenvalue weighted by molar-refractivity contribution is -0.118. The molecule has 124 valence electrons. The lowest BCUT2D eigenvalue weighted by Gasteiger charge is -2.23. The Balaban J connectivity index is 2.10. The minimum atomic E-state index is -0.303. The minimum absolute atomic E-state index is 0.0173. The largest absolute Gasteiger partial charge is 0.372 e. The number of benzene rings is 1. The van der Waals surface area contributed by atoms with E-state index in [-0.39, 0.29) is 17.0 Å². The maximum atomic E-state index is 11.9. The zero-order valence-electron chi connectivity index (χ0n) is 13.4. The predicted octanol–water partition coefficient (Wildman–Crippen LogP) is 0.959. The van der Waals surface area contributed by atoms with E-state index in [2.05, 4.69) is 20.4 Å². The topological polar surface area (TPSA) is 98.1 Å². The lowest BCUT2D eigenvalue weighted by Crippen LogP contribution is -2.26. The van der Waals surface area contributed by atoms with Crippen LogP contribution in [-0.4, -0.2) is 35.7 Å². The Labute approximate surface area is 133 Å². The van der Waals surface area contributed by atoms with Crippen LogP contribution in [0.25, 0.3) is 10.8 Å². The second-order valence-corrected chi connectivity index (χ2v) is 5.41. The molecule has 7 heteroatoms. The highest BCUT2D eigenvalue weighted by molar-refractivity contribution is 5.84. The predicted molar refractivity (Wildman–Crippen MR) is 91.0 cm³/mol. The van der Waals surface area contributed by atoms with Crippen LogP contribution in [0.4, 0.5) is 5.69 Å². The molecule has 23 heavy (non-hydrogen) atoms. The summed E-state index contributed by atoms with van der Waals surface area (Å²) in [6, 6.07) is 5.29. The smallest absolute Gasteiger partial charge is 0.270 e. The van der Waals surface area contributed by atoms with Gasteiger partial charge in [-0.15, -0.1) is 0 Å². The zero-order valence-corrected chi connectivity index (χ0v) is 13.4. The number of fused-ring (bicyclic) bond motifs is 1. The van der Waals surface area contributed by atoms with Crippen LogP contribution in [0.3, 0.4) is 0 Å². The van der Waals surface area contributed by atoms with E-state index < -0.39 is 0 Å². The number of amides is 1. The highest BCUT2D eigenvalue weighted by Crippen LogP contribution is 2.18. The van der Waals surface area contributed by atoms with Crippen LogP contribution in [0.15, 0.2) is 27.8 Å². The van der Waals surface area contributed by atoms with Gasteiger partial charge in [0.2, 0.25) is 5.91 Å². The van der Waals surface area contributed by atoms with E-state index in [9.17, 15) is 14.4 Å². The summed E-state index contributed by atoms with van der Waals surface area (Å²) in [5, 5.41) is 8.22. The molecule has 1 heterocycles. The van der Waals surface area contributed by atoms with Crippen LogP contribution in [-0.2, 0) is 4.79 Å². The van der Waals surface area contributed by atoms with Gasteiger partial charge >= 0.3 is 0 Å². The van der Waals surface area contributed by atoms with Crippen molar-refractivity contribution in [1.29, 1.82) is 0 Å². The Morgan fingerprint density at radius 1 is 1.13 bits per heavy atom. The number of aromatic nitrogens is 2. The fourth-order valence-electron chi connectivity index (χ4n) is 2.52. The van der Waals surface area contributed by atoms with Crippen LogP contribution in [0.2, 0.25) is 0 Å². The molecular formula is C16H22N4O3. The Hall–Kier alpha value is -2.57. The molecule has 0 aliphatic heterocycles. The number of carbonyl (C=O) groups excluding carboxylic acids is 1. The van der Waals surface area contributed by atoms with Crippen molar-refractivity contribution < 1.29 is 4.79 Å². The minimum Gasteiger partial charge on any atom is -0.372 e. The summed E-state index contributed by atoms with van der Waals surface area (Å²) in [6.07, 6.45) is 1.82. The van der Waals surface area contributed by atoms with Crippen molar-refractivity contribution in [2.75, 3.05) is 24.5 Å². The van der Waals surface area contributed by atoms with Gasteiger partial charge in [-0.2, -0.15) is 0 Å². The molecule has 2 aromatic rings. The molecule has 3 N–H and O–H groups in total. The van der Waals surface area contributed by atoms with E-state index >= 15 is 0 Å². The summed E-state index contributed by atoms with van der Waals surface area (Å²) in [7, 11) is 0. The average molecular weight is 318 g/mol. The number of hydrogen-bond acceptors (Lipinski definition) is 4. The van der Waals surface area contributed by atoms with Gasteiger partial charge in [-0.3, -0.25) is 24.6 Å². The first-order valence-electron chi connectivity index (χ1n) is 7.77. The second kappa shape index (κ2) is 7.62. The van der Waals surface area contributed by atoms with Gasteiger partial charge in [-0.05, 0) is 38.0 Å². The molecule has 1 amide bonds. The van der Waals surface area contributed by atoms with Crippen molar-refractivity contribution in [2.45, 2.75) is 26.7 Å². The van der Waals surface area contributed by atoms with Crippen LogP contribution in [0, 0.1) is 0 Å². The molecule has 1 aromatic heterocycles. The van der Waals surface area contributed by atoms with E-state index in [1.54, 1.807) is 12.1 Å². The molecular weight excluding hydrogens is 296 g/mol. The van der Waals surface area contributed by atoms with Gasteiger partial charge in [-0.25, -0.2) is 0 Å². The van der Waals surface area contributed by atoms with Gasteiger partial charge in [0.25, 0.3) is 11.1 Å². The summed E-state index contributed by atoms with van der Waals surface area (Å²) < 4.78 is 0. The van der Waals surface area contributed by atoms with Crippen LogP contribution in [0.5, 0.6) is 0 Å². The van der Waals surface area contributed by atoms with Crippen molar-refractivity contribution >= 4 is 22.4 Å². The van der Waals surface area contributed by atoms with Crippen LogP contribution in [0.1, 0.15) is 26.7 Å². The molecule has 0 saturated heterocycles. The monoisotopic (exact) mass is 318 g/mol. The average Bonchev–Trinajstić information content (AvgIpc) is 2.54. The second-order valence-electron chi connectivity index (χ2n) is 5.41. The van der Waals surface area contributed by atoms with E-state index in [1.165, 1.54) is 6.92 Å². The third-order valence-corrected chi connectivity index (χ3v) is 3.76. The molecule has 0 fully saturated rings. The molecule has 0 spiro atoms. The molecule has 7 nitrogen and oxygen atoms in total. The van der Waals surface area contributed by atoms with Gasteiger partial charge < -0.3 is 10.2 Å². The summed E-state index contributed by atoms with van der Waals surface area (Å²) >= 11 is 0. The van der Waals surface area contributed by atoms with Crippen LogP contribution >= 0.6 is 0 Å². The third-order valence-electron chi connectivity index (χ3n) is 3.76. The van der Waals surface area contributed by atoms with Gasteiger partial charge in [0.15, 0.2) is 0 Å². The SMILES string of the molecule is CCN(CCCCNC(C)=O)c1ccc2c(=O)[nH][nH]c(=O)c2c1. The van der Waals surface area contributed by atoms with Crippen molar-refractivity contribution in [2.24, 2.45) is 0 Å². The Morgan fingerprint density at radius 3 is 2.48 bits per heavy atom. The van der Waals surface area contributed by atoms with Gasteiger partial charge in [0, 0.05) is 32.2 Å². The molecule has 0 radical (unpaired) electrons. The van der Waals surface area contributed by atoms with Gasteiger partial charge in [-0.1, -0.05) is 0 Å². The van der Waals surface area contributed by atoms with E-state index in [0.717, 1.165) is 31.6 Å². The summed E-state index contributed by atoms with van der Waals surface area (Å²) in [6.45, 7) is 5.84. The molecule has 1 aromatic carbocycles. The lowest BCUT2D eigenvalue weighted by atomic mass is 10.1. The Bertz CT molecular complexity index is 794. The Kier molecular flexibility index (Phi) is 5.56. The molecule has 0 atom stereocenters. The van der Waals surface area contributed by atoms with Crippen molar-refractivity contribution in [3.8, 4) is 0 Å². The fraction of sp³-hybridized carbons (Fsp3) is 0.438. The maximum Gasteiger partial charge on any atom is 0.270 e. The van der Waals surface area contributed by atoms with Crippen molar-refractivity contribution in [3.63, 3.8) is 0 Å². The molecule has 0 aliphatic carbocycles. The highest BCUT2D eigenvalue weighted by Gasteiger charge is 2.08. The quantitative estimate of drug-likeness (QED) is 0.662. The number of nitrogens with zero attached hydrogens (tertiary/aromatic N) is 1. The number of anilines is 1.